The molecule has 0 atom stereocenters. The van der Waals surface area contributed by atoms with E-state index in [1.165, 1.54) is 23.5 Å². The minimum Gasteiger partial charge on any atom is -0.326 e. The van der Waals surface area contributed by atoms with Gasteiger partial charge >= 0.3 is 0 Å². The SMILES string of the molecule is Cc1cc(S(N)(=O)=O)ccc1NC(=O)Cc1cccs1. The van der Waals surface area contributed by atoms with Crippen LogP contribution < -0.4 is 10.5 Å². The largest absolute Gasteiger partial charge is 0.326 e. The lowest BCUT2D eigenvalue weighted by Crippen LogP contribution is -2.16. The average Bonchev–Trinajstić information content (AvgIpc) is 2.83. The van der Waals surface area contributed by atoms with Crippen molar-refractivity contribution in [2.24, 2.45) is 5.14 Å². The van der Waals surface area contributed by atoms with Crippen LogP contribution in [0, 0.1) is 6.92 Å². The third-order valence-corrected chi connectivity index (χ3v) is 4.50. The Bertz CT molecular complexity index is 722. The summed E-state index contributed by atoms with van der Waals surface area (Å²) in [5.41, 5.74) is 1.23. The molecular formula is C13H14N2O3S2. The predicted molar refractivity (Wildman–Crippen MR) is 79.2 cm³/mol. The van der Waals surface area contributed by atoms with E-state index in [9.17, 15) is 13.2 Å². The molecule has 5 nitrogen and oxygen atoms in total. The van der Waals surface area contributed by atoms with Crippen LogP contribution in [0.15, 0.2) is 40.6 Å². The van der Waals surface area contributed by atoms with Crippen molar-refractivity contribution < 1.29 is 13.2 Å². The molecule has 0 radical (unpaired) electrons. The maximum atomic E-state index is 11.9. The molecule has 7 heteroatoms. The number of sulfonamides is 1. The average molecular weight is 310 g/mol. The van der Waals surface area contributed by atoms with Crippen LogP contribution in [0.25, 0.3) is 0 Å². The van der Waals surface area contributed by atoms with Crippen LogP contribution in [0.2, 0.25) is 0 Å². The highest BCUT2D eigenvalue weighted by Crippen LogP contribution is 2.19. The van der Waals surface area contributed by atoms with E-state index in [2.05, 4.69) is 5.32 Å². The molecular weight excluding hydrogens is 296 g/mol. The highest BCUT2D eigenvalue weighted by molar-refractivity contribution is 7.89. The number of carbonyl (C=O) groups excluding carboxylic acids is 1. The quantitative estimate of drug-likeness (QED) is 0.903. The molecule has 3 N–H and O–H groups in total. The Morgan fingerprint density at radius 3 is 2.65 bits per heavy atom. The number of rotatable bonds is 4. The number of hydrogen-bond donors (Lipinski definition) is 2. The van der Waals surface area contributed by atoms with Crippen LogP contribution in [0.5, 0.6) is 0 Å². The molecule has 106 valence electrons. The van der Waals surface area contributed by atoms with Gasteiger partial charge in [-0.1, -0.05) is 6.07 Å². The molecule has 0 aliphatic carbocycles. The Morgan fingerprint density at radius 1 is 1.35 bits per heavy atom. The van der Waals surface area contributed by atoms with Gasteiger partial charge in [-0.15, -0.1) is 11.3 Å². The Morgan fingerprint density at radius 2 is 2.10 bits per heavy atom. The smallest absolute Gasteiger partial charge is 0.238 e. The number of carbonyl (C=O) groups is 1. The van der Waals surface area contributed by atoms with Gasteiger partial charge in [0.1, 0.15) is 0 Å². The number of thiophene rings is 1. The predicted octanol–water partition coefficient (Wildman–Crippen LogP) is 1.89. The van der Waals surface area contributed by atoms with Gasteiger partial charge in [-0.05, 0) is 42.1 Å². The topological polar surface area (TPSA) is 89.3 Å². The minimum atomic E-state index is -3.72. The summed E-state index contributed by atoms with van der Waals surface area (Å²) in [6.45, 7) is 1.72. The van der Waals surface area contributed by atoms with E-state index < -0.39 is 10.0 Å². The molecule has 20 heavy (non-hydrogen) atoms. The lowest BCUT2D eigenvalue weighted by molar-refractivity contribution is -0.115. The summed E-state index contributed by atoms with van der Waals surface area (Å²) in [5, 5.41) is 9.72. The van der Waals surface area contributed by atoms with Gasteiger partial charge in [0.2, 0.25) is 15.9 Å². The van der Waals surface area contributed by atoms with Crippen molar-refractivity contribution >= 4 is 33.0 Å². The molecule has 0 aliphatic heterocycles. The fraction of sp³-hybridized carbons (Fsp3) is 0.154. The lowest BCUT2D eigenvalue weighted by atomic mass is 10.2. The number of primary sulfonamides is 1. The summed E-state index contributed by atoms with van der Waals surface area (Å²) in [6, 6.07) is 8.14. The monoisotopic (exact) mass is 310 g/mol. The molecule has 1 amide bonds. The summed E-state index contributed by atoms with van der Waals surface area (Å²) in [5.74, 6) is -0.140. The first-order chi connectivity index (χ1) is 9.36. The minimum absolute atomic E-state index is 0.0336. The molecule has 0 spiro atoms. The Balaban J connectivity index is 2.12. The highest BCUT2D eigenvalue weighted by atomic mass is 32.2. The maximum Gasteiger partial charge on any atom is 0.238 e. The van der Waals surface area contributed by atoms with Crippen LogP contribution in [-0.2, 0) is 21.2 Å². The van der Waals surface area contributed by atoms with E-state index in [4.69, 9.17) is 5.14 Å². The second-order valence-corrected chi connectivity index (χ2v) is 6.92. The van der Waals surface area contributed by atoms with Crippen LogP contribution in [0.4, 0.5) is 5.69 Å². The first-order valence-corrected chi connectivity index (χ1v) is 8.24. The molecule has 0 saturated carbocycles. The van der Waals surface area contributed by atoms with E-state index >= 15 is 0 Å². The van der Waals surface area contributed by atoms with Gasteiger partial charge in [-0.2, -0.15) is 0 Å². The van der Waals surface area contributed by atoms with Gasteiger partial charge < -0.3 is 5.32 Å². The van der Waals surface area contributed by atoms with Crippen LogP contribution in [0.1, 0.15) is 10.4 Å². The summed E-state index contributed by atoms with van der Waals surface area (Å²) in [7, 11) is -3.72. The zero-order valence-corrected chi connectivity index (χ0v) is 12.4. The van der Waals surface area contributed by atoms with E-state index in [0.717, 1.165) is 4.88 Å². The van der Waals surface area contributed by atoms with Crippen molar-refractivity contribution in [3.8, 4) is 0 Å². The molecule has 0 saturated heterocycles. The Kier molecular flexibility index (Phi) is 4.22. The van der Waals surface area contributed by atoms with Crippen molar-refractivity contribution in [1.29, 1.82) is 0 Å². The normalized spacial score (nSPS) is 11.3. The van der Waals surface area contributed by atoms with Crippen molar-refractivity contribution in [1.82, 2.24) is 0 Å². The van der Waals surface area contributed by atoms with Gasteiger partial charge in [-0.3, -0.25) is 4.79 Å². The van der Waals surface area contributed by atoms with Crippen LogP contribution in [-0.4, -0.2) is 14.3 Å². The van der Waals surface area contributed by atoms with E-state index in [1.807, 2.05) is 17.5 Å². The summed E-state index contributed by atoms with van der Waals surface area (Å²) < 4.78 is 22.4. The highest BCUT2D eigenvalue weighted by Gasteiger charge is 2.11. The number of nitrogens with one attached hydrogen (secondary N) is 1. The van der Waals surface area contributed by atoms with Gasteiger partial charge in [0.05, 0.1) is 11.3 Å². The third kappa shape index (κ3) is 3.66. The van der Waals surface area contributed by atoms with Gasteiger partial charge in [0.15, 0.2) is 0 Å². The summed E-state index contributed by atoms with van der Waals surface area (Å²) in [4.78, 5) is 12.9. The number of benzene rings is 1. The second-order valence-electron chi connectivity index (χ2n) is 4.33. The van der Waals surface area contributed by atoms with Crippen molar-refractivity contribution in [3.05, 3.63) is 46.2 Å². The van der Waals surface area contributed by atoms with Crippen molar-refractivity contribution in [2.45, 2.75) is 18.2 Å². The molecule has 2 aromatic rings. The zero-order chi connectivity index (χ0) is 14.8. The number of aryl methyl sites for hydroxylation is 1. The Labute approximate surface area is 121 Å². The van der Waals surface area contributed by atoms with E-state index in [1.54, 1.807) is 13.0 Å². The fourth-order valence-corrected chi connectivity index (χ4v) is 3.02. The molecule has 1 heterocycles. The molecule has 0 unspecified atom stereocenters. The molecule has 0 bridgehead atoms. The zero-order valence-electron chi connectivity index (χ0n) is 10.8. The summed E-state index contributed by atoms with van der Waals surface area (Å²) in [6.07, 6.45) is 0.300. The number of anilines is 1. The first-order valence-electron chi connectivity index (χ1n) is 5.82. The fourth-order valence-electron chi connectivity index (χ4n) is 1.72. The standard InChI is InChI=1S/C13H14N2O3S2/c1-9-7-11(20(14,17)18)4-5-12(9)15-13(16)8-10-3-2-6-19-10/h2-7H,8H2,1H3,(H,15,16)(H2,14,17,18). The molecule has 1 aromatic carbocycles. The van der Waals surface area contributed by atoms with Gasteiger partial charge in [0, 0.05) is 10.6 Å². The molecule has 0 fully saturated rings. The van der Waals surface area contributed by atoms with E-state index in [-0.39, 0.29) is 10.8 Å². The van der Waals surface area contributed by atoms with E-state index in [0.29, 0.717) is 17.7 Å². The first kappa shape index (κ1) is 14.7. The molecule has 2 rings (SSSR count). The maximum absolute atomic E-state index is 11.9. The number of amides is 1. The second kappa shape index (κ2) is 5.74. The lowest BCUT2D eigenvalue weighted by Gasteiger charge is -2.09. The van der Waals surface area contributed by atoms with Gasteiger partial charge in [0.25, 0.3) is 0 Å². The van der Waals surface area contributed by atoms with Crippen LogP contribution in [0.3, 0.4) is 0 Å². The van der Waals surface area contributed by atoms with Gasteiger partial charge in [-0.25, -0.2) is 13.6 Å². The molecule has 1 aromatic heterocycles. The van der Waals surface area contributed by atoms with Crippen molar-refractivity contribution in [3.63, 3.8) is 0 Å². The van der Waals surface area contributed by atoms with Crippen LogP contribution >= 0.6 is 11.3 Å². The number of nitrogens with two attached hydrogens (primary N) is 1. The number of hydrogen-bond acceptors (Lipinski definition) is 4. The summed E-state index contributed by atoms with van der Waals surface area (Å²) >= 11 is 1.52. The molecule has 0 aliphatic rings. The third-order valence-electron chi connectivity index (χ3n) is 2.72. The Hall–Kier alpha value is -1.70. The van der Waals surface area contributed by atoms with Crippen molar-refractivity contribution in [2.75, 3.05) is 5.32 Å².